The first-order valence-electron chi connectivity index (χ1n) is 5.53. The Morgan fingerprint density at radius 1 is 1.38 bits per heavy atom. The molecular formula is C12H16N2O2. The highest BCUT2D eigenvalue weighted by Crippen LogP contribution is 2.30. The largest absolute Gasteiger partial charge is 0.492 e. The van der Waals surface area contributed by atoms with Gasteiger partial charge in [0.15, 0.2) is 0 Å². The molecule has 1 aromatic carbocycles. The first kappa shape index (κ1) is 11.0. The van der Waals surface area contributed by atoms with E-state index in [0.29, 0.717) is 13.2 Å². The van der Waals surface area contributed by atoms with Crippen molar-refractivity contribution in [2.75, 3.05) is 18.5 Å². The number of carbonyl (C=O) groups excluding carboxylic acids is 1. The molecule has 0 saturated heterocycles. The summed E-state index contributed by atoms with van der Waals surface area (Å²) in [7, 11) is 0. The van der Waals surface area contributed by atoms with E-state index in [1.165, 1.54) is 0 Å². The summed E-state index contributed by atoms with van der Waals surface area (Å²) in [6.45, 7) is 1.01. The van der Waals surface area contributed by atoms with Crippen LogP contribution in [0.1, 0.15) is 12.8 Å². The summed E-state index contributed by atoms with van der Waals surface area (Å²) < 4.78 is 5.34. The van der Waals surface area contributed by atoms with Gasteiger partial charge in [0, 0.05) is 18.2 Å². The molecule has 2 rings (SSSR count). The summed E-state index contributed by atoms with van der Waals surface area (Å²) in [6, 6.07) is 7.34. The van der Waals surface area contributed by atoms with Crippen LogP contribution < -0.4 is 15.8 Å². The second kappa shape index (κ2) is 4.99. The highest BCUT2D eigenvalue weighted by molar-refractivity contribution is 5.94. The molecule has 0 atom stereocenters. The maximum atomic E-state index is 11.5. The summed E-state index contributed by atoms with van der Waals surface area (Å²) in [4.78, 5) is 11.5. The van der Waals surface area contributed by atoms with Crippen LogP contribution in [0.3, 0.4) is 0 Å². The van der Waals surface area contributed by atoms with E-state index < -0.39 is 0 Å². The molecular weight excluding hydrogens is 204 g/mol. The molecule has 1 saturated carbocycles. The minimum Gasteiger partial charge on any atom is -0.492 e. The number of amides is 1. The Kier molecular flexibility index (Phi) is 3.41. The number of ether oxygens (including phenoxy) is 1. The van der Waals surface area contributed by atoms with Crippen LogP contribution in [0, 0.1) is 5.92 Å². The molecule has 4 nitrogen and oxygen atoms in total. The molecule has 0 bridgehead atoms. The molecule has 1 fully saturated rings. The van der Waals surface area contributed by atoms with Crippen LogP contribution in [-0.2, 0) is 4.79 Å². The zero-order chi connectivity index (χ0) is 11.4. The Morgan fingerprint density at radius 3 is 2.62 bits per heavy atom. The molecule has 16 heavy (non-hydrogen) atoms. The summed E-state index contributed by atoms with van der Waals surface area (Å²) >= 11 is 0. The number of benzene rings is 1. The normalized spacial score (nSPS) is 14.6. The fourth-order valence-electron chi connectivity index (χ4n) is 1.40. The fraction of sp³-hybridized carbons (Fsp3) is 0.417. The summed E-state index contributed by atoms with van der Waals surface area (Å²) in [5, 5.41) is 2.87. The van der Waals surface area contributed by atoms with E-state index in [0.717, 1.165) is 24.3 Å². The maximum Gasteiger partial charge on any atom is 0.227 e. The van der Waals surface area contributed by atoms with E-state index in [-0.39, 0.29) is 11.8 Å². The third-order valence-electron chi connectivity index (χ3n) is 2.46. The van der Waals surface area contributed by atoms with Crippen molar-refractivity contribution in [1.82, 2.24) is 0 Å². The molecule has 86 valence electrons. The number of nitrogens with one attached hydrogen (secondary N) is 1. The number of rotatable bonds is 5. The van der Waals surface area contributed by atoms with Gasteiger partial charge in [0.25, 0.3) is 0 Å². The van der Waals surface area contributed by atoms with Crippen molar-refractivity contribution in [2.24, 2.45) is 11.7 Å². The Labute approximate surface area is 94.8 Å². The van der Waals surface area contributed by atoms with Gasteiger partial charge in [-0.3, -0.25) is 4.79 Å². The van der Waals surface area contributed by atoms with Crippen molar-refractivity contribution in [3.63, 3.8) is 0 Å². The second-order valence-corrected chi connectivity index (χ2v) is 3.93. The van der Waals surface area contributed by atoms with Gasteiger partial charge in [0.2, 0.25) is 5.91 Å². The standard InChI is InChI=1S/C12H16N2O2/c13-7-8-16-11-5-3-10(4-6-11)14-12(15)9-1-2-9/h3-6,9H,1-2,7-8,13H2,(H,14,15). The fourth-order valence-corrected chi connectivity index (χ4v) is 1.40. The van der Waals surface area contributed by atoms with E-state index in [9.17, 15) is 4.79 Å². The Balaban J connectivity index is 1.88. The predicted octanol–water partition coefficient (Wildman–Crippen LogP) is 1.37. The Bertz CT molecular complexity index is 358. The van der Waals surface area contributed by atoms with Gasteiger partial charge in [0.1, 0.15) is 12.4 Å². The van der Waals surface area contributed by atoms with Gasteiger partial charge in [-0.25, -0.2) is 0 Å². The lowest BCUT2D eigenvalue weighted by atomic mass is 10.3. The zero-order valence-corrected chi connectivity index (χ0v) is 9.11. The summed E-state index contributed by atoms with van der Waals surface area (Å²) in [5.74, 6) is 1.12. The van der Waals surface area contributed by atoms with Crippen LogP contribution in [0.2, 0.25) is 0 Å². The highest BCUT2D eigenvalue weighted by Gasteiger charge is 2.29. The van der Waals surface area contributed by atoms with Crippen LogP contribution >= 0.6 is 0 Å². The van der Waals surface area contributed by atoms with Crippen molar-refractivity contribution in [3.8, 4) is 5.75 Å². The van der Waals surface area contributed by atoms with Crippen molar-refractivity contribution in [1.29, 1.82) is 0 Å². The van der Waals surface area contributed by atoms with Crippen LogP contribution in [0.25, 0.3) is 0 Å². The molecule has 0 spiro atoms. The van der Waals surface area contributed by atoms with Crippen molar-refractivity contribution in [3.05, 3.63) is 24.3 Å². The van der Waals surface area contributed by atoms with Gasteiger partial charge in [-0.2, -0.15) is 0 Å². The first-order valence-corrected chi connectivity index (χ1v) is 5.53. The Morgan fingerprint density at radius 2 is 2.06 bits per heavy atom. The molecule has 0 radical (unpaired) electrons. The Hall–Kier alpha value is -1.55. The van der Waals surface area contributed by atoms with Gasteiger partial charge < -0.3 is 15.8 Å². The first-order chi connectivity index (χ1) is 7.79. The molecule has 0 heterocycles. The number of nitrogens with two attached hydrogens (primary N) is 1. The maximum absolute atomic E-state index is 11.5. The van der Waals surface area contributed by atoms with Gasteiger partial charge in [-0.15, -0.1) is 0 Å². The molecule has 3 N–H and O–H groups in total. The summed E-state index contributed by atoms with van der Waals surface area (Å²) in [5.41, 5.74) is 6.15. The molecule has 1 aliphatic rings. The smallest absolute Gasteiger partial charge is 0.227 e. The molecule has 0 aromatic heterocycles. The van der Waals surface area contributed by atoms with Crippen LogP contribution in [0.4, 0.5) is 5.69 Å². The monoisotopic (exact) mass is 220 g/mol. The molecule has 1 amide bonds. The van der Waals surface area contributed by atoms with Gasteiger partial charge in [0.05, 0.1) is 0 Å². The van der Waals surface area contributed by atoms with Crippen molar-refractivity contribution < 1.29 is 9.53 Å². The number of hydrogen-bond acceptors (Lipinski definition) is 3. The molecule has 1 aromatic rings. The van der Waals surface area contributed by atoms with Crippen LogP contribution in [0.5, 0.6) is 5.75 Å². The van der Waals surface area contributed by atoms with E-state index in [2.05, 4.69) is 5.32 Å². The SMILES string of the molecule is NCCOc1ccc(NC(=O)C2CC2)cc1. The third-order valence-corrected chi connectivity index (χ3v) is 2.46. The minimum atomic E-state index is 0.121. The zero-order valence-electron chi connectivity index (χ0n) is 9.11. The van der Waals surface area contributed by atoms with E-state index in [1.807, 2.05) is 24.3 Å². The average molecular weight is 220 g/mol. The lowest BCUT2D eigenvalue weighted by Gasteiger charge is -2.07. The van der Waals surface area contributed by atoms with E-state index >= 15 is 0 Å². The number of anilines is 1. The lowest BCUT2D eigenvalue weighted by molar-refractivity contribution is -0.117. The van der Waals surface area contributed by atoms with Crippen molar-refractivity contribution in [2.45, 2.75) is 12.8 Å². The highest BCUT2D eigenvalue weighted by atomic mass is 16.5. The summed E-state index contributed by atoms with van der Waals surface area (Å²) in [6.07, 6.45) is 2.03. The number of carbonyl (C=O) groups is 1. The lowest BCUT2D eigenvalue weighted by Crippen LogP contribution is -2.13. The molecule has 0 aliphatic heterocycles. The minimum absolute atomic E-state index is 0.121. The van der Waals surface area contributed by atoms with Crippen LogP contribution in [0.15, 0.2) is 24.3 Å². The van der Waals surface area contributed by atoms with E-state index in [4.69, 9.17) is 10.5 Å². The third kappa shape index (κ3) is 2.97. The number of hydrogen-bond donors (Lipinski definition) is 2. The van der Waals surface area contributed by atoms with Crippen molar-refractivity contribution >= 4 is 11.6 Å². The predicted molar refractivity (Wildman–Crippen MR) is 62.3 cm³/mol. The van der Waals surface area contributed by atoms with E-state index in [1.54, 1.807) is 0 Å². The van der Waals surface area contributed by atoms with Gasteiger partial charge in [-0.05, 0) is 37.1 Å². The van der Waals surface area contributed by atoms with Gasteiger partial charge >= 0.3 is 0 Å². The van der Waals surface area contributed by atoms with Gasteiger partial charge in [-0.1, -0.05) is 0 Å². The topological polar surface area (TPSA) is 64.3 Å². The second-order valence-electron chi connectivity index (χ2n) is 3.93. The molecule has 4 heteroatoms. The quantitative estimate of drug-likeness (QED) is 0.787. The molecule has 1 aliphatic carbocycles. The average Bonchev–Trinajstić information content (AvgIpc) is 3.12. The molecule has 0 unspecified atom stereocenters. The van der Waals surface area contributed by atoms with Crippen LogP contribution in [-0.4, -0.2) is 19.1 Å².